The van der Waals surface area contributed by atoms with Crippen LogP contribution in [0.1, 0.15) is 35.7 Å². The number of aldehydes is 1. The number of aromatic nitrogens is 1. The van der Waals surface area contributed by atoms with Crippen molar-refractivity contribution in [2.75, 3.05) is 0 Å². The molecule has 0 fully saturated rings. The Bertz CT molecular complexity index is 593. The number of hydrogen-bond donors (Lipinski definition) is 0. The van der Waals surface area contributed by atoms with Gasteiger partial charge in [-0.1, -0.05) is 37.0 Å². The van der Waals surface area contributed by atoms with Gasteiger partial charge in [0, 0.05) is 10.4 Å². The Labute approximate surface area is 110 Å². The van der Waals surface area contributed by atoms with Gasteiger partial charge in [-0.25, -0.2) is 4.98 Å². The fourth-order valence-corrected chi connectivity index (χ4v) is 2.39. The van der Waals surface area contributed by atoms with Gasteiger partial charge in [-0.15, -0.1) is 0 Å². The van der Waals surface area contributed by atoms with Crippen molar-refractivity contribution < 1.29 is 4.79 Å². The molecule has 0 saturated heterocycles. The molecule has 1 aromatic carbocycles. The first-order chi connectivity index (χ1) is 8.04. The summed E-state index contributed by atoms with van der Waals surface area (Å²) in [6, 6.07) is 5.39. The molecule has 4 heteroatoms. The third-order valence-corrected chi connectivity index (χ3v) is 3.20. The predicted octanol–water partition coefficient (Wildman–Crippen LogP) is 4.48. The van der Waals surface area contributed by atoms with Gasteiger partial charge in [0.05, 0.1) is 11.1 Å². The highest BCUT2D eigenvalue weighted by atomic mass is 35.5. The number of carbonyl (C=O) groups is 1. The lowest BCUT2D eigenvalue weighted by Gasteiger charge is -2.13. The third kappa shape index (κ3) is 2.15. The van der Waals surface area contributed by atoms with E-state index in [4.69, 9.17) is 23.2 Å². The Morgan fingerprint density at radius 1 is 1.29 bits per heavy atom. The maximum Gasteiger partial charge on any atom is 0.153 e. The zero-order valence-corrected chi connectivity index (χ0v) is 11.0. The second-order valence-electron chi connectivity index (χ2n) is 4.16. The van der Waals surface area contributed by atoms with Gasteiger partial charge in [0.15, 0.2) is 6.29 Å². The first-order valence-electron chi connectivity index (χ1n) is 5.28. The van der Waals surface area contributed by atoms with E-state index >= 15 is 0 Å². The summed E-state index contributed by atoms with van der Waals surface area (Å²) in [5.74, 6) is 0.177. The maximum atomic E-state index is 11.1. The molecule has 0 aliphatic carbocycles. The highest BCUT2D eigenvalue weighted by Gasteiger charge is 2.16. The molecule has 0 radical (unpaired) electrons. The third-order valence-electron chi connectivity index (χ3n) is 2.68. The van der Waals surface area contributed by atoms with E-state index in [9.17, 15) is 4.79 Å². The van der Waals surface area contributed by atoms with E-state index in [1.54, 1.807) is 6.07 Å². The number of rotatable bonds is 2. The Morgan fingerprint density at radius 2 is 2.00 bits per heavy atom. The normalized spacial score (nSPS) is 11.1. The minimum absolute atomic E-state index is 0.177. The molecule has 17 heavy (non-hydrogen) atoms. The molecule has 0 unspecified atom stereocenters. The summed E-state index contributed by atoms with van der Waals surface area (Å²) in [7, 11) is 0. The summed E-state index contributed by atoms with van der Waals surface area (Å²) in [5.41, 5.74) is 2.11. The van der Waals surface area contributed by atoms with Crippen LogP contribution in [0, 0.1) is 0 Å². The van der Waals surface area contributed by atoms with Gasteiger partial charge in [-0.2, -0.15) is 0 Å². The molecule has 0 aliphatic heterocycles. The largest absolute Gasteiger partial charge is 0.298 e. The van der Waals surface area contributed by atoms with Crippen LogP contribution in [0.15, 0.2) is 18.2 Å². The smallest absolute Gasteiger partial charge is 0.153 e. The maximum absolute atomic E-state index is 11.1. The number of fused-ring (bicyclic) bond motifs is 1. The number of benzene rings is 1. The van der Waals surface area contributed by atoms with Crippen LogP contribution in [0.25, 0.3) is 10.9 Å². The second kappa shape index (κ2) is 4.63. The van der Waals surface area contributed by atoms with E-state index in [2.05, 4.69) is 4.98 Å². The standard InChI is InChI=1S/C13H11Cl2NO/c1-7(2)12-9-5-8(14)3-4-11(9)16-13(15)10(12)6-17/h3-7H,1-2H3. The SMILES string of the molecule is CC(C)c1c(C=O)c(Cl)nc2ccc(Cl)cc12. The Balaban J connectivity index is 2.94. The minimum Gasteiger partial charge on any atom is -0.298 e. The van der Waals surface area contributed by atoms with Crippen molar-refractivity contribution in [2.24, 2.45) is 0 Å². The Kier molecular flexibility index (Phi) is 3.36. The van der Waals surface area contributed by atoms with Crippen molar-refractivity contribution in [3.8, 4) is 0 Å². The molecule has 0 atom stereocenters. The molecule has 0 spiro atoms. The Hall–Kier alpha value is -1.12. The van der Waals surface area contributed by atoms with Gasteiger partial charge >= 0.3 is 0 Å². The van der Waals surface area contributed by atoms with Gasteiger partial charge in [0.25, 0.3) is 0 Å². The van der Waals surface area contributed by atoms with Crippen LogP contribution < -0.4 is 0 Å². The zero-order valence-electron chi connectivity index (χ0n) is 9.50. The van der Waals surface area contributed by atoms with Crippen LogP contribution in [0.4, 0.5) is 0 Å². The average Bonchev–Trinajstić information content (AvgIpc) is 2.27. The monoisotopic (exact) mass is 267 g/mol. The quantitative estimate of drug-likeness (QED) is 0.593. The summed E-state index contributed by atoms with van der Waals surface area (Å²) in [6.07, 6.45) is 0.755. The molecule has 1 heterocycles. The number of pyridine rings is 1. The summed E-state index contributed by atoms with van der Waals surface area (Å²) >= 11 is 12.0. The van der Waals surface area contributed by atoms with Crippen LogP contribution in [-0.4, -0.2) is 11.3 Å². The topological polar surface area (TPSA) is 30.0 Å². The van der Waals surface area contributed by atoms with Gasteiger partial charge < -0.3 is 0 Å². The number of hydrogen-bond acceptors (Lipinski definition) is 2. The van der Waals surface area contributed by atoms with Crippen LogP contribution >= 0.6 is 23.2 Å². The highest BCUT2D eigenvalue weighted by molar-refractivity contribution is 6.33. The van der Waals surface area contributed by atoms with Crippen molar-refractivity contribution in [3.05, 3.63) is 39.5 Å². The van der Waals surface area contributed by atoms with Crippen molar-refractivity contribution >= 4 is 40.4 Å². The van der Waals surface area contributed by atoms with Gasteiger partial charge in [-0.05, 0) is 29.7 Å². The number of nitrogens with zero attached hydrogens (tertiary/aromatic N) is 1. The van der Waals surface area contributed by atoms with Crippen molar-refractivity contribution in [1.82, 2.24) is 4.98 Å². The molecular formula is C13H11Cl2NO. The molecule has 0 saturated carbocycles. The summed E-state index contributed by atoms with van der Waals surface area (Å²) in [5, 5.41) is 1.76. The first kappa shape index (κ1) is 12.3. The summed E-state index contributed by atoms with van der Waals surface area (Å²) in [6.45, 7) is 4.03. The van der Waals surface area contributed by atoms with E-state index in [1.165, 1.54) is 0 Å². The van der Waals surface area contributed by atoms with Crippen LogP contribution in [0.5, 0.6) is 0 Å². The summed E-state index contributed by atoms with van der Waals surface area (Å²) in [4.78, 5) is 15.3. The summed E-state index contributed by atoms with van der Waals surface area (Å²) < 4.78 is 0. The van der Waals surface area contributed by atoms with E-state index in [1.807, 2.05) is 26.0 Å². The molecule has 1 aromatic heterocycles. The molecule has 2 nitrogen and oxygen atoms in total. The number of carbonyl (C=O) groups excluding carboxylic acids is 1. The molecule has 88 valence electrons. The Morgan fingerprint density at radius 3 is 2.59 bits per heavy atom. The minimum atomic E-state index is 0.177. The zero-order chi connectivity index (χ0) is 12.6. The molecule has 0 aliphatic rings. The molecule has 0 N–H and O–H groups in total. The van der Waals surface area contributed by atoms with E-state index in [-0.39, 0.29) is 11.1 Å². The fraction of sp³-hybridized carbons (Fsp3) is 0.231. The van der Waals surface area contributed by atoms with Crippen molar-refractivity contribution in [1.29, 1.82) is 0 Å². The van der Waals surface area contributed by atoms with E-state index in [0.29, 0.717) is 10.6 Å². The van der Waals surface area contributed by atoms with Crippen LogP contribution in [0.3, 0.4) is 0 Å². The van der Waals surface area contributed by atoms with Gasteiger partial charge in [-0.3, -0.25) is 4.79 Å². The fourth-order valence-electron chi connectivity index (χ4n) is 1.98. The average molecular weight is 268 g/mol. The predicted molar refractivity (Wildman–Crippen MR) is 71.2 cm³/mol. The lowest BCUT2D eigenvalue weighted by Crippen LogP contribution is -2.00. The molecular weight excluding hydrogens is 257 g/mol. The highest BCUT2D eigenvalue weighted by Crippen LogP contribution is 2.32. The molecule has 2 aromatic rings. The second-order valence-corrected chi connectivity index (χ2v) is 4.96. The van der Waals surface area contributed by atoms with Gasteiger partial charge in [0.1, 0.15) is 5.15 Å². The lowest BCUT2D eigenvalue weighted by atomic mass is 9.94. The molecule has 0 bridgehead atoms. The van der Waals surface area contributed by atoms with Crippen LogP contribution in [0.2, 0.25) is 10.2 Å². The van der Waals surface area contributed by atoms with Crippen LogP contribution in [-0.2, 0) is 0 Å². The van der Waals surface area contributed by atoms with Gasteiger partial charge in [0.2, 0.25) is 0 Å². The lowest BCUT2D eigenvalue weighted by molar-refractivity contribution is 0.112. The van der Waals surface area contributed by atoms with Crippen molar-refractivity contribution in [3.63, 3.8) is 0 Å². The van der Waals surface area contributed by atoms with E-state index in [0.717, 1.165) is 22.8 Å². The van der Waals surface area contributed by atoms with Crippen molar-refractivity contribution in [2.45, 2.75) is 19.8 Å². The van der Waals surface area contributed by atoms with E-state index < -0.39 is 0 Å². The molecule has 0 amide bonds. The number of halogens is 2. The first-order valence-corrected chi connectivity index (χ1v) is 6.04. The molecule has 2 rings (SSSR count).